The van der Waals surface area contributed by atoms with Crippen LogP contribution in [0.4, 0.5) is 0 Å². The highest BCUT2D eigenvalue weighted by Gasteiger charge is 2.14. The molecule has 0 aliphatic rings. The molecule has 0 unspecified atom stereocenters. The lowest BCUT2D eigenvalue weighted by Crippen LogP contribution is -2.42. The molecule has 4 heteroatoms. The molecule has 0 spiro atoms. The Balaban J connectivity index is 3.67. The zero-order valence-electron chi connectivity index (χ0n) is 8.84. The standard InChI is InChI=1S/C9H20N2OS/c1-4-6-11(2,3)7-5-9(12)10-8-13/h4-8H2,1-3H3,(H-,10,12,13)/p+1. The molecule has 0 aliphatic heterocycles. The van der Waals surface area contributed by atoms with Gasteiger partial charge in [0.05, 0.1) is 39.5 Å². The molecule has 0 heterocycles. The minimum atomic E-state index is 0.0947. The van der Waals surface area contributed by atoms with Crippen LogP contribution in [-0.2, 0) is 4.79 Å². The van der Waals surface area contributed by atoms with Crippen molar-refractivity contribution in [2.45, 2.75) is 19.8 Å². The van der Waals surface area contributed by atoms with Crippen LogP contribution in [0.5, 0.6) is 0 Å². The Morgan fingerprint density at radius 3 is 2.46 bits per heavy atom. The van der Waals surface area contributed by atoms with E-state index < -0.39 is 0 Å². The van der Waals surface area contributed by atoms with Crippen molar-refractivity contribution in [3.05, 3.63) is 0 Å². The molecular weight excluding hydrogens is 184 g/mol. The molecule has 0 aromatic rings. The summed E-state index contributed by atoms with van der Waals surface area (Å²) in [6.45, 7) is 4.18. The molecule has 0 atom stereocenters. The number of hydrogen-bond acceptors (Lipinski definition) is 2. The zero-order valence-corrected chi connectivity index (χ0v) is 9.73. The fraction of sp³-hybridized carbons (Fsp3) is 0.889. The summed E-state index contributed by atoms with van der Waals surface area (Å²) in [7, 11) is 4.30. The van der Waals surface area contributed by atoms with Gasteiger partial charge in [-0.05, 0) is 6.42 Å². The summed E-state index contributed by atoms with van der Waals surface area (Å²) >= 11 is 3.93. The van der Waals surface area contributed by atoms with Crippen molar-refractivity contribution in [1.82, 2.24) is 5.32 Å². The molecule has 0 fully saturated rings. The summed E-state index contributed by atoms with van der Waals surface area (Å²) in [6.07, 6.45) is 1.74. The van der Waals surface area contributed by atoms with Crippen LogP contribution in [-0.4, -0.2) is 43.5 Å². The van der Waals surface area contributed by atoms with E-state index in [1.807, 2.05) is 0 Å². The minimum Gasteiger partial charge on any atom is -0.347 e. The number of hydrogen-bond donors (Lipinski definition) is 2. The molecule has 1 amide bonds. The second-order valence-corrected chi connectivity index (χ2v) is 4.21. The fourth-order valence-corrected chi connectivity index (χ4v) is 1.47. The number of nitrogens with zero attached hydrogens (tertiary/aromatic N) is 1. The Bertz CT molecular complexity index is 160. The third kappa shape index (κ3) is 6.90. The smallest absolute Gasteiger partial charge is 0.226 e. The summed E-state index contributed by atoms with van der Waals surface area (Å²) < 4.78 is 0.913. The molecule has 0 saturated heterocycles. The van der Waals surface area contributed by atoms with Crippen LogP contribution in [0.2, 0.25) is 0 Å². The van der Waals surface area contributed by atoms with Crippen LogP contribution in [0, 0.1) is 0 Å². The molecule has 0 rings (SSSR count). The monoisotopic (exact) mass is 205 g/mol. The van der Waals surface area contributed by atoms with Crippen LogP contribution in [0.1, 0.15) is 19.8 Å². The van der Waals surface area contributed by atoms with Crippen LogP contribution >= 0.6 is 12.6 Å². The van der Waals surface area contributed by atoms with E-state index in [1.54, 1.807) is 0 Å². The Kier molecular flexibility index (Phi) is 6.16. The SMILES string of the molecule is CCC[N+](C)(C)CCC(=O)NCS. The third-order valence-electron chi connectivity index (χ3n) is 2.05. The van der Waals surface area contributed by atoms with Crippen molar-refractivity contribution in [3.63, 3.8) is 0 Å². The first kappa shape index (κ1) is 12.8. The number of carbonyl (C=O) groups is 1. The summed E-state index contributed by atoms with van der Waals surface area (Å²) in [5.74, 6) is 0.525. The molecule has 0 aromatic carbocycles. The van der Waals surface area contributed by atoms with Crippen molar-refractivity contribution in [2.24, 2.45) is 0 Å². The average Bonchev–Trinajstić information content (AvgIpc) is 2.02. The molecule has 0 bridgehead atoms. The summed E-state index contributed by atoms with van der Waals surface area (Å²) in [5, 5.41) is 2.68. The molecule has 78 valence electrons. The topological polar surface area (TPSA) is 29.1 Å². The number of rotatable bonds is 6. The normalized spacial score (nSPS) is 11.4. The summed E-state index contributed by atoms with van der Waals surface area (Å²) in [4.78, 5) is 11.1. The number of amides is 1. The van der Waals surface area contributed by atoms with Gasteiger partial charge in [-0.2, -0.15) is 12.6 Å². The molecule has 13 heavy (non-hydrogen) atoms. The Morgan fingerprint density at radius 2 is 2.00 bits per heavy atom. The average molecular weight is 205 g/mol. The summed E-state index contributed by atoms with van der Waals surface area (Å²) in [5.41, 5.74) is 0. The Labute approximate surface area is 86.5 Å². The molecule has 0 saturated carbocycles. The fourth-order valence-electron chi connectivity index (χ4n) is 1.30. The highest BCUT2D eigenvalue weighted by molar-refractivity contribution is 7.80. The van der Waals surface area contributed by atoms with E-state index in [2.05, 4.69) is 39.0 Å². The van der Waals surface area contributed by atoms with Crippen LogP contribution in [0.3, 0.4) is 0 Å². The maximum Gasteiger partial charge on any atom is 0.226 e. The molecule has 0 aliphatic carbocycles. The Morgan fingerprint density at radius 1 is 1.38 bits per heavy atom. The van der Waals surface area contributed by atoms with E-state index in [-0.39, 0.29) is 5.91 Å². The quantitative estimate of drug-likeness (QED) is 0.376. The van der Waals surface area contributed by atoms with E-state index in [4.69, 9.17) is 0 Å². The highest BCUT2D eigenvalue weighted by Crippen LogP contribution is 2.00. The first-order chi connectivity index (χ1) is 6.02. The summed E-state index contributed by atoms with van der Waals surface area (Å²) in [6, 6.07) is 0. The van der Waals surface area contributed by atoms with Gasteiger partial charge in [-0.1, -0.05) is 6.92 Å². The van der Waals surface area contributed by atoms with Gasteiger partial charge in [-0.25, -0.2) is 0 Å². The van der Waals surface area contributed by atoms with Gasteiger partial charge >= 0.3 is 0 Å². The van der Waals surface area contributed by atoms with Gasteiger partial charge in [0.15, 0.2) is 0 Å². The third-order valence-corrected chi connectivity index (χ3v) is 2.21. The van der Waals surface area contributed by atoms with Gasteiger partial charge in [0.25, 0.3) is 0 Å². The van der Waals surface area contributed by atoms with Gasteiger partial charge in [0, 0.05) is 0 Å². The van der Waals surface area contributed by atoms with Crippen LogP contribution in [0.15, 0.2) is 0 Å². The Hall–Kier alpha value is -0.220. The van der Waals surface area contributed by atoms with Gasteiger partial charge in [0.1, 0.15) is 0 Å². The van der Waals surface area contributed by atoms with Crippen molar-refractivity contribution >= 4 is 18.5 Å². The van der Waals surface area contributed by atoms with E-state index >= 15 is 0 Å². The first-order valence-corrected chi connectivity index (χ1v) is 5.34. The predicted molar refractivity (Wildman–Crippen MR) is 58.7 cm³/mol. The van der Waals surface area contributed by atoms with Crippen molar-refractivity contribution in [3.8, 4) is 0 Å². The maximum atomic E-state index is 11.1. The van der Waals surface area contributed by atoms with Crippen molar-refractivity contribution in [1.29, 1.82) is 0 Å². The van der Waals surface area contributed by atoms with E-state index in [1.165, 1.54) is 0 Å². The minimum absolute atomic E-state index is 0.0947. The molecular formula is C9H21N2OS+. The molecule has 0 aromatic heterocycles. The van der Waals surface area contributed by atoms with Crippen LogP contribution < -0.4 is 5.32 Å². The van der Waals surface area contributed by atoms with Gasteiger partial charge in [-0.15, -0.1) is 0 Å². The molecule has 1 N–H and O–H groups in total. The second-order valence-electron chi connectivity index (χ2n) is 3.89. The van der Waals surface area contributed by atoms with E-state index in [0.29, 0.717) is 12.3 Å². The number of thiol groups is 1. The number of carbonyl (C=O) groups excluding carboxylic acids is 1. The van der Waals surface area contributed by atoms with Gasteiger partial charge < -0.3 is 9.80 Å². The largest absolute Gasteiger partial charge is 0.347 e. The lowest BCUT2D eigenvalue weighted by molar-refractivity contribution is -0.889. The lowest BCUT2D eigenvalue weighted by Gasteiger charge is -2.28. The van der Waals surface area contributed by atoms with Gasteiger partial charge in [-0.3, -0.25) is 4.79 Å². The predicted octanol–water partition coefficient (Wildman–Crippen LogP) is 0.866. The first-order valence-electron chi connectivity index (χ1n) is 4.71. The highest BCUT2D eigenvalue weighted by atomic mass is 32.1. The van der Waals surface area contributed by atoms with Crippen LogP contribution in [0.25, 0.3) is 0 Å². The second kappa shape index (κ2) is 6.27. The van der Waals surface area contributed by atoms with Crippen molar-refractivity contribution in [2.75, 3.05) is 33.1 Å². The number of nitrogens with one attached hydrogen (secondary N) is 1. The zero-order chi connectivity index (χ0) is 10.3. The maximum absolute atomic E-state index is 11.1. The lowest BCUT2D eigenvalue weighted by atomic mass is 10.3. The number of quaternary nitrogens is 1. The molecule has 0 radical (unpaired) electrons. The molecule has 3 nitrogen and oxygen atoms in total. The van der Waals surface area contributed by atoms with E-state index in [9.17, 15) is 4.79 Å². The van der Waals surface area contributed by atoms with Gasteiger partial charge in [0.2, 0.25) is 5.91 Å². The van der Waals surface area contributed by atoms with E-state index in [0.717, 1.165) is 24.0 Å². The van der Waals surface area contributed by atoms with Crippen molar-refractivity contribution < 1.29 is 9.28 Å².